The molecule has 1 heterocycles. The minimum Gasteiger partial charge on any atom is -0.493 e. The van der Waals surface area contributed by atoms with E-state index in [1.165, 1.54) is 5.56 Å². The molecule has 0 radical (unpaired) electrons. The van der Waals surface area contributed by atoms with E-state index >= 15 is 0 Å². The number of ether oxygens (including phenoxy) is 2. The number of benzene rings is 3. The first-order chi connectivity index (χ1) is 13.7. The molecule has 0 aliphatic carbocycles. The highest BCUT2D eigenvalue weighted by Gasteiger charge is 2.16. The zero-order valence-corrected chi connectivity index (χ0v) is 15.7. The summed E-state index contributed by atoms with van der Waals surface area (Å²) in [5.74, 6) is 1.58. The van der Waals surface area contributed by atoms with E-state index in [1.54, 1.807) is 13.2 Å². The van der Waals surface area contributed by atoms with Gasteiger partial charge in [0.05, 0.1) is 23.6 Å². The maximum Gasteiger partial charge on any atom is 0.259 e. The van der Waals surface area contributed by atoms with Crippen LogP contribution in [-0.2, 0) is 6.61 Å². The smallest absolute Gasteiger partial charge is 0.259 e. The quantitative estimate of drug-likeness (QED) is 0.561. The minimum atomic E-state index is -0.187. The van der Waals surface area contributed by atoms with Crippen molar-refractivity contribution in [1.82, 2.24) is 9.97 Å². The summed E-state index contributed by atoms with van der Waals surface area (Å²) in [7, 11) is 1.59. The van der Waals surface area contributed by atoms with Gasteiger partial charge in [-0.15, -0.1) is 0 Å². The van der Waals surface area contributed by atoms with E-state index in [4.69, 9.17) is 9.47 Å². The van der Waals surface area contributed by atoms with E-state index in [2.05, 4.69) is 16.0 Å². The van der Waals surface area contributed by atoms with Crippen LogP contribution in [-0.4, -0.2) is 17.1 Å². The fourth-order valence-corrected chi connectivity index (χ4v) is 3.18. The van der Waals surface area contributed by atoms with Crippen LogP contribution in [0.3, 0.4) is 0 Å². The van der Waals surface area contributed by atoms with E-state index in [9.17, 15) is 4.79 Å². The monoisotopic (exact) mass is 372 g/mol. The van der Waals surface area contributed by atoms with Crippen molar-refractivity contribution < 1.29 is 9.47 Å². The lowest BCUT2D eigenvalue weighted by Crippen LogP contribution is -2.10. The van der Waals surface area contributed by atoms with Gasteiger partial charge in [-0.05, 0) is 36.8 Å². The highest BCUT2D eigenvalue weighted by molar-refractivity contribution is 5.80. The van der Waals surface area contributed by atoms with Gasteiger partial charge in [-0.25, -0.2) is 4.98 Å². The first kappa shape index (κ1) is 17.8. The van der Waals surface area contributed by atoms with Crippen molar-refractivity contribution in [1.29, 1.82) is 0 Å². The number of H-pyrrole nitrogens is 1. The van der Waals surface area contributed by atoms with Gasteiger partial charge in [0.1, 0.15) is 12.4 Å². The molecular formula is C23H20N2O3. The van der Waals surface area contributed by atoms with Gasteiger partial charge in [-0.2, -0.15) is 0 Å². The summed E-state index contributed by atoms with van der Waals surface area (Å²) in [5.41, 5.74) is 3.34. The molecular weight excluding hydrogens is 352 g/mol. The van der Waals surface area contributed by atoms with Gasteiger partial charge in [0.25, 0.3) is 5.56 Å². The molecule has 0 saturated carbocycles. The molecule has 0 amide bonds. The predicted octanol–water partition coefficient (Wildman–Crippen LogP) is 4.49. The Balaban J connectivity index is 1.78. The third-order valence-corrected chi connectivity index (χ3v) is 4.53. The SMILES string of the molecule is COc1cccc(-c2nc3ccccc3c(=O)[nH]2)c1OCc1cccc(C)c1. The normalized spacial score (nSPS) is 10.8. The maximum atomic E-state index is 12.5. The van der Waals surface area contributed by atoms with Crippen LogP contribution in [0.4, 0.5) is 0 Å². The average Bonchev–Trinajstić information content (AvgIpc) is 2.72. The van der Waals surface area contributed by atoms with E-state index in [-0.39, 0.29) is 5.56 Å². The highest BCUT2D eigenvalue weighted by atomic mass is 16.5. The third-order valence-electron chi connectivity index (χ3n) is 4.53. The second kappa shape index (κ2) is 7.56. The summed E-state index contributed by atoms with van der Waals surface area (Å²) in [4.78, 5) is 20.0. The van der Waals surface area contributed by atoms with Crippen LogP contribution in [0, 0.1) is 6.92 Å². The molecule has 3 aromatic carbocycles. The molecule has 5 heteroatoms. The molecule has 0 atom stereocenters. The highest BCUT2D eigenvalue weighted by Crippen LogP contribution is 2.37. The average molecular weight is 372 g/mol. The summed E-state index contributed by atoms with van der Waals surface area (Å²) in [5, 5.41) is 0.552. The minimum absolute atomic E-state index is 0.187. The van der Waals surface area contributed by atoms with Gasteiger partial charge in [0, 0.05) is 0 Å². The molecule has 140 valence electrons. The second-order valence-electron chi connectivity index (χ2n) is 6.55. The standard InChI is InChI=1S/C23H20N2O3/c1-15-7-5-8-16(13-15)14-28-21-18(10-6-12-20(21)27-2)22-24-19-11-4-3-9-17(19)23(26)25-22/h3-13H,14H2,1-2H3,(H,24,25,26). The van der Waals surface area contributed by atoms with Crippen molar-refractivity contribution >= 4 is 10.9 Å². The van der Waals surface area contributed by atoms with Crippen LogP contribution >= 0.6 is 0 Å². The number of hydrogen-bond donors (Lipinski definition) is 1. The lowest BCUT2D eigenvalue weighted by molar-refractivity contribution is 0.285. The second-order valence-corrected chi connectivity index (χ2v) is 6.55. The number of nitrogens with one attached hydrogen (secondary N) is 1. The van der Waals surface area contributed by atoms with E-state index in [0.717, 1.165) is 5.56 Å². The van der Waals surface area contributed by atoms with Crippen molar-refractivity contribution in [2.24, 2.45) is 0 Å². The molecule has 4 aromatic rings. The van der Waals surface area contributed by atoms with Gasteiger partial charge in [0.15, 0.2) is 11.5 Å². The molecule has 1 N–H and O–H groups in total. The number of aromatic nitrogens is 2. The van der Waals surface area contributed by atoms with E-state index < -0.39 is 0 Å². The molecule has 0 aliphatic heterocycles. The van der Waals surface area contributed by atoms with Crippen LogP contribution < -0.4 is 15.0 Å². The lowest BCUT2D eigenvalue weighted by atomic mass is 10.1. The number of rotatable bonds is 5. The van der Waals surface area contributed by atoms with Crippen molar-refractivity contribution in [2.45, 2.75) is 13.5 Å². The van der Waals surface area contributed by atoms with Crippen LogP contribution in [0.25, 0.3) is 22.3 Å². The van der Waals surface area contributed by atoms with Gasteiger partial charge in [0.2, 0.25) is 0 Å². The fraction of sp³-hybridized carbons (Fsp3) is 0.130. The number of aryl methyl sites for hydroxylation is 1. The molecule has 1 aromatic heterocycles. The lowest BCUT2D eigenvalue weighted by Gasteiger charge is -2.15. The zero-order valence-electron chi connectivity index (χ0n) is 15.7. The van der Waals surface area contributed by atoms with Gasteiger partial charge in [-0.3, -0.25) is 4.79 Å². The number of methoxy groups -OCH3 is 1. The first-order valence-corrected chi connectivity index (χ1v) is 9.00. The molecule has 4 rings (SSSR count). The summed E-state index contributed by atoms with van der Waals surface area (Å²) < 4.78 is 11.6. The van der Waals surface area contributed by atoms with Gasteiger partial charge < -0.3 is 14.5 Å². The molecule has 0 spiro atoms. The van der Waals surface area contributed by atoms with Crippen molar-refractivity contribution in [3.8, 4) is 22.9 Å². The third kappa shape index (κ3) is 3.47. The van der Waals surface area contributed by atoms with Gasteiger partial charge in [-0.1, -0.05) is 48.0 Å². The predicted molar refractivity (Wildman–Crippen MR) is 110 cm³/mol. The van der Waals surface area contributed by atoms with Crippen LogP contribution in [0.2, 0.25) is 0 Å². The number of aromatic amines is 1. The molecule has 0 aliphatic rings. The van der Waals surface area contributed by atoms with E-state index in [1.807, 2.05) is 61.5 Å². The number of para-hydroxylation sites is 2. The van der Waals surface area contributed by atoms with Crippen LogP contribution in [0.1, 0.15) is 11.1 Å². The molecule has 5 nitrogen and oxygen atoms in total. The van der Waals surface area contributed by atoms with Crippen molar-refractivity contribution in [2.75, 3.05) is 7.11 Å². The Kier molecular flexibility index (Phi) is 4.81. The largest absolute Gasteiger partial charge is 0.493 e. The Morgan fingerprint density at radius 1 is 1.00 bits per heavy atom. The number of fused-ring (bicyclic) bond motifs is 1. The molecule has 0 fully saturated rings. The molecule has 0 unspecified atom stereocenters. The molecule has 28 heavy (non-hydrogen) atoms. The topological polar surface area (TPSA) is 64.2 Å². The number of nitrogens with zero attached hydrogens (tertiary/aromatic N) is 1. The molecule has 0 saturated heterocycles. The number of hydrogen-bond acceptors (Lipinski definition) is 4. The summed E-state index contributed by atoms with van der Waals surface area (Å²) >= 11 is 0. The Bertz CT molecular complexity index is 1200. The van der Waals surface area contributed by atoms with Crippen molar-refractivity contribution in [3.05, 3.63) is 88.2 Å². The maximum absolute atomic E-state index is 12.5. The van der Waals surface area contributed by atoms with Gasteiger partial charge >= 0.3 is 0 Å². The fourth-order valence-electron chi connectivity index (χ4n) is 3.18. The first-order valence-electron chi connectivity index (χ1n) is 9.00. The molecule has 0 bridgehead atoms. The van der Waals surface area contributed by atoms with Crippen molar-refractivity contribution in [3.63, 3.8) is 0 Å². The van der Waals surface area contributed by atoms with E-state index in [0.29, 0.717) is 40.4 Å². The Morgan fingerprint density at radius 3 is 2.64 bits per heavy atom. The zero-order chi connectivity index (χ0) is 19.5. The summed E-state index contributed by atoms with van der Waals surface area (Å²) in [6.07, 6.45) is 0. The van der Waals surface area contributed by atoms with Crippen LogP contribution in [0.15, 0.2) is 71.5 Å². The Morgan fingerprint density at radius 2 is 1.82 bits per heavy atom. The Labute approximate surface area is 162 Å². The summed E-state index contributed by atoms with van der Waals surface area (Å²) in [6.45, 7) is 2.43. The Hall–Kier alpha value is -3.60. The van der Waals surface area contributed by atoms with Crippen LogP contribution in [0.5, 0.6) is 11.5 Å². The summed E-state index contributed by atoms with van der Waals surface area (Å²) in [6, 6.07) is 20.9.